The average molecular weight is 406 g/mol. The molecule has 9 heteroatoms. The zero-order valence-corrected chi connectivity index (χ0v) is 16.1. The molecule has 0 bridgehead atoms. The number of imide groups is 1. The van der Waals surface area contributed by atoms with Crippen LogP contribution in [0.2, 0.25) is 0 Å². The number of amides is 2. The molecule has 3 heterocycles. The Morgan fingerprint density at radius 2 is 1.63 bits per heavy atom. The lowest BCUT2D eigenvalue weighted by Gasteiger charge is -2.33. The first kappa shape index (κ1) is 18.3. The van der Waals surface area contributed by atoms with Gasteiger partial charge in [-0.05, 0) is 36.4 Å². The molecule has 0 atom stereocenters. The molecule has 0 spiro atoms. The number of rotatable bonds is 5. The third kappa shape index (κ3) is 3.55. The van der Waals surface area contributed by atoms with Gasteiger partial charge in [-0.3, -0.25) is 19.4 Å². The van der Waals surface area contributed by atoms with Crippen LogP contribution in [-0.4, -0.2) is 55.8 Å². The van der Waals surface area contributed by atoms with Crippen LogP contribution in [0.15, 0.2) is 46.0 Å². The number of likely N-dealkylation sites (tertiary alicyclic amines) is 1. The summed E-state index contributed by atoms with van der Waals surface area (Å²) >= 11 is 1.19. The van der Waals surface area contributed by atoms with E-state index in [0.717, 1.165) is 0 Å². The maximum atomic E-state index is 12.5. The van der Waals surface area contributed by atoms with E-state index in [0.29, 0.717) is 41.3 Å². The lowest BCUT2D eigenvalue weighted by molar-refractivity contribution is 0.0510. The number of hydrogen-bond donors (Lipinski definition) is 1. The van der Waals surface area contributed by atoms with Gasteiger partial charge in [0.1, 0.15) is 4.21 Å². The Hall–Kier alpha value is -2.07. The SMILES string of the molecule is O=C1c2ccccc2C(=O)N1CN1CCC(NS(=O)(=O)c2cccs2)CC1. The third-order valence-electron chi connectivity index (χ3n) is 4.89. The molecule has 2 amide bonds. The Morgan fingerprint density at radius 1 is 1.00 bits per heavy atom. The molecule has 27 heavy (non-hydrogen) atoms. The number of piperidine rings is 1. The van der Waals surface area contributed by atoms with Crippen molar-refractivity contribution in [3.05, 3.63) is 52.9 Å². The number of carbonyl (C=O) groups excluding carboxylic acids is 2. The van der Waals surface area contributed by atoms with Gasteiger partial charge in [-0.2, -0.15) is 0 Å². The van der Waals surface area contributed by atoms with E-state index in [-0.39, 0.29) is 24.5 Å². The van der Waals surface area contributed by atoms with Crippen LogP contribution in [0, 0.1) is 0 Å². The van der Waals surface area contributed by atoms with Crippen LogP contribution < -0.4 is 4.72 Å². The van der Waals surface area contributed by atoms with Crippen molar-refractivity contribution in [2.75, 3.05) is 19.8 Å². The summed E-state index contributed by atoms with van der Waals surface area (Å²) in [5.74, 6) is -0.535. The van der Waals surface area contributed by atoms with Gasteiger partial charge in [0.05, 0.1) is 17.8 Å². The second-order valence-corrected chi connectivity index (χ2v) is 9.56. The van der Waals surface area contributed by atoms with Crippen LogP contribution in [0.5, 0.6) is 0 Å². The van der Waals surface area contributed by atoms with Crippen molar-refractivity contribution in [2.24, 2.45) is 0 Å². The highest BCUT2D eigenvalue weighted by atomic mass is 32.2. The lowest BCUT2D eigenvalue weighted by Crippen LogP contribution is -2.48. The van der Waals surface area contributed by atoms with Crippen LogP contribution in [0.1, 0.15) is 33.6 Å². The first-order valence-electron chi connectivity index (χ1n) is 8.69. The van der Waals surface area contributed by atoms with Crippen molar-refractivity contribution < 1.29 is 18.0 Å². The van der Waals surface area contributed by atoms with E-state index >= 15 is 0 Å². The Morgan fingerprint density at radius 3 is 2.19 bits per heavy atom. The topological polar surface area (TPSA) is 86.8 Å². The van der Waals surface area contributed by atoms with Gasteiger partial charge >= 0.3 is 0 Å². The number of thiophene rings is 1. The third-order valence-corrected chi connectivity index (χ3v) is 7.81. The normalized spacial score (nSPS) is 18.9. The van der Waals surface area contributed by atoms with Gasteiger partial charge in [0.15, 0.2) is 0 Å². The molecule has 1 saturated heterocycles. The second kappa shape index (κ2) is 7.16. The number of benzene rings is 1. The Balaban J connectivity index is 1.34. The predicted molar refractivity (Wildman–Crippen MR) is 101 cm³/mol. The summed E-state index contributed by atoms with van der Waals surface area (Å²) in [5.41, 5.74) is 0.891. The Labute approximate surface area is 161 Å². The summed E-state index contributed by atoms with van der Waals surface area (Å²) in [4.78, 5) is 28.2. The number of fused-ring (bicyclic) bond motifs is 1. The fourth-order valence-corrected chi connectivity index (χ4v) is 5.77. The van der Waals surface area contributed by atoms with E-state index in [1.165, 1.54) is 16.2 Å². The first-order valence-corrected chi connectivity index (χ1v) is 11.1. The summed E-state index contributed by atoms with van der Waals surface area (Å²) in [6.07, 6.45) is 1.27. The van der Waals surface area contributed by atoms with Gasteiger partial charge in [-0.25, -0.2) is 13.1 Å². The van der Waals surface area contributed by atoms with Crippen molar-refractivity contribution in [2.45, 2.75) is 23.1 Å². The second-order valence-electron chi connectivity index (χ2n) is 6.67. The van der Waals surface area contributed by atoms with Gasteiger partial charge in [0.25, 0.3) is 11.8 Å². The largest absolute Gasteiger partial charge is 0.285 e. The standard InChI is InChI=1S/C18H19N3O4S2/c22-17-14-4-1-2-5-15(14)18(23)21(17)12-20-9-7-13(8-10-20)19-27(24,25)16-6-3-11-26-16/h1-6,11,13,19H,7-10,12H2. The Bertz CT molecular complexity index is 929. The van der Waals surface area contributed by atoms with Crippen LogP contribution in [0.4, 0.5) is 0 Å². The molecule has 0 radical (unpaired) electrons. The molecule has 4 rings (SSSR count). The minimum atomic E-state index is -3.48. The molecule has 2 aliphatic heterocycles. The number of nitrogens with zero attached hydrogens (tertiary/aromatic N) is 2. The molecule has 1 aromatic heterocycles. The fraction of sp³-hybridized carbons (Fsp3) is 0.333. The highest BCUT2D eigenvalue weighted by Gasteiger charge is 2.36. The van der Waals surface area contributed by atoms with Gasteiger partial charge in [0.2, 0.25) is 10.0 Å². The van der Waals surface area contributed by atoms with E-state index in [1.54, 1.807) is 41.8 Å². The highest BCUT2D eigenvalue weighted by Crippen LogP contribution is 2.24. The summed E-state index contributed by atoms with van der Waals surface area (Å²) in [6.45, 7) is 1.47. The zero-order valence-electron chi connectivity index (χ0n) is 14.5. The minimum Gasteiger partial charge on any atom is -0.285 e. The van der Waals surface area contributed by atoms with Gasteiger partial charge < -0.3 is 0 Å². The average Bonchev–Trinajstić information content (AvgIpc) is 3.28. The highest BCUT2D eigenvalue weighted by molar-refractivity contribution is 7.91. The van der Waals surface area contributed by atoms with Crippen LogP contribution in [0.3, 0.4) is 0 Å². The predicted octanol–water partition coefficient (Wildman–Crippen LogP) is 1.74. The van der Waals surface area contributed by atoms with Crippen molar-refractivity contribution in [1.29, 1.82) is 0 Å². The van der Waals surface area contributed by atoms with Crippen molar-refractivity contribution in [3.8, 4) is 0 Å². The number of hydrogen-bond acceptors (Lipinski definition) is 6. The van der Waals surface area contributed by atoms with Crippen LogP contribution >= 0.6 is 11.3 Å². The molecule has 1 N–H and O–H groups in total. The summed E-state index contributed by atoms with van der Waals surface area (Å²) in [7, 11) is -3.48. The maximum absolute atomic E-state index is 12.5. The van der Waals surface area contributed by atoms with E-state index in [2.05, 4.69) is 4.72 Å². The molecule has 2 aliphatic rings. The number of nitrogens with one attached hydrogen (secondary N) is 1. The van der Waals surface area contributed by atoms with Crippen molar-refractivity contribution >= 4 is 33.2 Å². The monoisotopic (exact) mass is 405 g/mol. The number of carbonyl (C=O) groups is 2. The molecular formula is C18H19N3O4S2. The molecular weight excluding hydrogens is 386 g/mol. The lowest BCUT2D eigenvalue weighted by atomic mass is 10.1. The molecule has 1 fully saturated rings. The quantitative estimate of drug-likeness (QED) is 0.766. The van der Waals surface area contributed by atoms with Gasteiger partial charge in [0, 0.05) is 19.1 Å². The summed E-state index contributed by atoms with van der Waals surface area (Å²) in [6, 6.07) is 9.99. The van der Waals surface area contributed by atoms with Gasteiger partial charge in [-0.15, -0.1) is 11.3 Å². The Kier molecular flexibility index (Phi) is 4.85. The van der Waals surface area contributed by atoms with Crippen LogP contribution in [0.25, 0.3) is 0 Å². The van der Waals surface area contributed by atoms with Crippen molar-refractivity contribution in [1.82, 2.24) is 14.5 Å². The van der Waals surface area contributed by atoms with Crippen molar-refractivity contribution in [3.63, 3.8) is 0 Å². The minimum absolute atomic E-state index is 0.143. The van der Waals surface area contributed by atoms with E-state index < -0.39 is 10.0 Å². The van der Waals surface area contributed by atoms with E-state index in [1.807, 2.05) is 4.90 Å². The van der Waals surface area contributed by atoms with E-state index in [9.17, 15) is 18.0 Å². The summed E-state index contributed by atoms with van der Waals surface area (Å²) < 4.78 is 27.7. The molecule has 7 nitrogen and oxygen atoms in total. The van der Waals surface area contributed by atoms with Crippen LogP contribution in [-0.2, 0) is 10.0 Å². The van der Waals surface area contributed by atoms with Gasteiger partial charge in [-0.1, -0.05) is 18.2 Å². The zero-order chi connectivity index (χ0) is 19.0. The maximum Gasteiger partial charge on any atom is 0.262 e. The molecule has 0 saturated carbocycles. The first-order chi connectivity index (χ1) is 13.0. The number of sulfonamides is 1. The van der Waals surface area contributed by atoms with E-state index in [4.69, 9.17) is 0 Å². The smallest absolute Gasteiger partial charge is 0.262 e. The molecule has 2 aromatic rings. The molecule has 0 unspecified atom stereocenters. The summed E-state index contributed by atoms with van der Waals surface area (Å²) in [5, 5.41) is 1.74. The molecule has 1 aromatic carbocycles. The molecule has 142 valence electrons. The fourth-order valence-electron chi connectivity index (χ4n) is 3.45. The molecule has 0 aliphatic carbocycles.